The number of rotatable bonds is 5. The van der Waals surface area contributed by atoms with Crippen LogP contribution >= 0.6 is 12.4 Å². The normalized spacial score (nSPS) is 15.4. The summed E-state index contributed by atoms with van der Waals surface area (Å²) in [6.07, 6.45) is 4.43. The van der Waals surface area contributed by atoms with Gasteiger partial charge in [0.15, 0.2) is 0 Å². The minimum absolute atomic E-state index is 0. The van der Waals surface area contributed by atoms with Crippen LogP contribution in [-0.2, 0) is 13.0 Å². The number of phenolic OH excluding ortho intramolecular Hbond substituents is 1. The van der Waals surface area contributed by atoms with Crippen molar-refractivity contribution in [3.63, 3.8) is 0 Å². The SMILES string of the molecule is Cl.O=C(c1cccc2c1CCCN2)N(Cc1cccc(O)c1)CC1CC1. The second-order valence-electron chi connectivity index (χ2n) is 7.16. The van der Waals surface area contributed by atoms with Crippen molar-refractivity contribution in [1.29, 1.82) is 0 Å². The van der Waals surface area contributed by atoms with Gasteiger partial charge in [-0.25, -0.2) is 0 Å². The van der Waals surface area contributed by atoms with Crippen LogP contribution in [-0.4, -0.2) is 29.0 Å². The van der Waals surface area contributed by atoms with Crippen molar-refractivity contribution < 1.29 is 9.90 Å². The number of hydrogen-bond acceptors (Lipinski definition) is 3. The number of benzene rings is 2. The molecule has 1 amide bonds. The molecule has 0 atom stereocenters. The molecule has 0 radical (unpaired) electrons. The standard InChI is InChI=1S/C21H24N2O2.ClH/c24-17-5-1-4-16(12-17)14-23(13-15-9-10-15)21(25)19-6-2-8-20-18(19)7-3-11-22-20;/h1-2,4-6,8,12,15,22,24H,3,7,9-11,13-14H2;1H. The van der Waals surface area contributed by atoms with Crippen molar-refractivity contribution in [3.8, 4) is 5.75 Å². The molecular formula is C21H25ClN2O2. The largest absolute Gasteiger partial charge is 0.508 e. The van der Waals surface area contributed by atoms with E-state index in [1.54, 1.807) is 12.1 Å². The van der Waals surface area contributed by atoms with Crippen LogP contribution in [0.4, 0.5) is 5.69 Å². The highest BCUT2D eigenvalue weighted by Gasteiger charge is 2.29. The van der Waals surface area contributed by atoms with Crippen molar-refractivity contribution in [2.24, 2.45) is 5.92 Å². The summed E-state index contributed by atoms with van der Waals surface area (Å²) in [7, 11) is 0. The van der Waals surface area contributed by atoms with Gasteiger partial charge in [-0.15, -0.1) is 12.4 Å². The molecule has 0 aromatic heterocycles. The number of carbonyl (C=O) groups is 1. The first-order chi connectivity index (χ1) is 12.2. The topological polar surface area (TPSA) is 52.6 Å². The molecule has 0 unspecified atom stereocenters. The highest BCUT2D eigenvalue weighted by Crippen LogP contribution is 2.32. The van der Waals surface area contributed by atoms with Crippen molar-refractivity contribution in [2.75, 3.05) is 18.4 Å². The molecule has 2 aromatic carbocycles. The molecule has 1 fully saturated rings. The van der Waals surface area contributed by atoms with E-state index in [4.69, 9.17) is 0 Å². The Balaban J connectivity index is 0.00000196. The lowest BCUT2D eigenvalue weighted by Crippen LogP contribution is -2.33. The Morgan fingerprint density at radius 3 is 2.77 bits per heavy atom. The monoisotopic (exact) mass is 372 g/mol. The number of aromatic hydroxyl groups is 1. The molecule has 2 N–H and O–H groups in total. The van der Waals surface area contributed by atoms with Crippen LogP contribution < -0.4 is 5.32 Å². The molecule has 1 aliphatic carbocycles. The Bertz CT molecular complexity index is 789. The highest BCUT2D eigenvalue weighted by molar-refractivity contribution is 5.97. The zero-order valence-corrected chi connectivity index (χ0v) is 15.6. The maximum Gasteiger partial charge on any atom is 0.254 e. The van der Waals surface area contributed by atoms with Crippen molar-refractivity contribution in [1.82, 2.24) is 4.90 Å². The summed E-state index contributed by atoms with van der Waals surface area (Å²) in [6, 6.07) is 13.2. The molecule has 138 valence electrons. The van der Waals surface area contributed by atoms with Crippen LogP contribution in [0.1, 0.15) is 40.7 Å². The molecule has 1 aliphatic heterocycles. The fourth-order valence-corrected chi connectivity index (χ4v) is 3.59. The van der Waals surface area contributed by atoms with E-state index in [0.717, 1.165) is 48.3 Å². The van der Waals surface area contributed by atoms with Crippen molar-refractivity contribution in [2.45, 2.75) is 32.2 Å². The van der Waals surface area contributed by atoms with Gasteiger partial charge in [0.25, 0.3) is 5.91 Å². The van der Waals surface area contributed by atoms with Gasteiger partial charge in [0.05, 0.1) is 0 Å². The maximum atomic E-state index is 13.3. The number of anilines is 1. The molecule has 2 aliphatic rings. The molecule has 4 nitrogen and oxygen atoms in total. The van der Waals surface area contributed by atoms with Crippen LogP contribution in [0.2, 0.25) is 0 Å². The smallest absolute Gasteiger partial charge is 0.254 e. The second-order valence-corrected chi connectivity index (χ2v) is 7.16. The van der Waals surface area contributed by atoms with Crippen molar-refractivity contribution >= 4 is 24.0 Å². The Kier molecular flexibility index (Phi) is 5.72. The van der Waals surface area contributed by atoms with Gasteiger partial charge >= 0.3 is 0 Å². The second kappa shape index (κ2) is 8.00. The molecule has 0 bridgehead atoms. The first-order valence-corrected chi connectivity index (χ1v) is 9.13. The molecule has 5 heteroatoms. The average Bonchev–Trinajstić information content (AvgIpc) is 3.44. The van der Waals surface area contributed by atoms with Crippen LogP contribution in [0.25, 0.3) is 0 Å². The van der Waals surface area contributed by atoms with Gasteiger partial charge in [0.1, 0.15) is 5.75 Å². The van der Waals surface area contributed by atoms with Gasteiger partial charge < -0.3 is 15.3 Å². The number of amides is 1. The Morgan fingerprint density at radius 1 is 1.19 bits per heavy atom. The third-order valence-electron chi connectivity index (χ3n) is 5.07. The number of nitrogens with zero attached hydrogens (tertiary/aromatic N) is 1. The molecule has 1 heterocycles. The fourth-order valence-electron chi connectivity index (χ4n) is 3.59. The molecule has 0 saturated heterocycles. The summed E-state index contributed by atoms with van der Waals surface area (Å²) in [6.45, 7) is 2.31. The van der Waals surface area contributed by atoms with Gasteiger partial charge in [-0.3, -0.25) is 4.79 Å². The zero-order chi connectivity index (χ0) is 17.2. The van der Waals surface area contributed by atoms with E-state index in [0.29, 0.717) is 12.5 Å². The van der Waals surface area contributed by atoms with Crippen LogP contribution in [0, 0.1) is 5.92 Å². The quantitative estimate of drug-likeness (QED) is 0.826. The molecular weight excluding hydrogens is 348 g/mol. The fraction of sp³-hybridized carbons (Fsp3) is 0.381. The summed E-state index contributed by atoms with van der Waals surface area (Å²) < 4.78 is 0. The van der Waals surface area contributed by atoms with Crippen LogP contribution in [0.5, 0.6) is 5.75 Å². The van der Waals surface area contributed by atoms with E-state index >= 15 is 0 Å². The summed E-state index contributed by atoms with van der Waals surface area (Å²) in [5.74, 6) is 0.979. The van der Waals surface area contributed by atoms with Gasteiger partial charge in [-0.2, -0.15) is 0 Å². The first-order valence-electron chi connectivity index (χ1n) is 9.13. The van der Waals surface area contributed by atoms with Gasteiger partial charge in [-0.05, 0) is 67.0 Å². The summed E-state index contributed by atoms with van der Waals surface area (Å²) in [5, 5.41) is 13.1. The van der Waals surface area contributed by atoms with Crippen LogP contribution in [0.15, 0.2) is 42.5 Å². The minimum atomic E-state index is 0. The Hall–Kier alpha value is -2.20. The summed E-state index contributed by atoms with van der Waals surface area (Å²) in [4.78, 5) is 15.3. The molecule has 0 spiro atoms. The molecule has 1 saturated carbocycles. The minimum Gasteiger partial charge on any atom is -0.508 e. The average molecular weight is 373 g/mol. The predicted octanol–water partition coefficient (Wildman–Crippen LogP) is 4.22. The highest BCUT2D eigenvalue weighted by atomic mass is 35.5. The number of phenols is 1. The lowest BCUT2D eigenvalue weighted by molar-refractivity contribution is 0.0733. The molecule has 4 rings (SSSR count). The predicted molar refractivity (Wildman–Crippen MR) is 106 cm³/mol. The lowest BCUT2D eigenvalue weighted by Gasteiger charge is -2.26. The Morgan fingerprint density at radius 2 is 2.00 bits per heavy atom. The van der Waals surface area contributed by atoms with E-state index in [2.05, 4.69) is 11.4 Å². The molecule has 26 heavy (non-hydrogen) atoms. The zero-order valence-electron chi connectivity index (χ0n) is 14.8. The van der Waals surface area contributed by atoms with E-state index in [-0.39, 0.29) is 24.1 Å². The van der Waals surface area contributed by atoms with Gasteiger partial charge in [-0.1, -0.05) is 18.2 Å². The van der Waals surface area contributed by atoms with Crippen molar-refractivity contribution in [3.05, 3.63) is 59.2 Å². The first kappa shape index (κ1) is 18.6. The number of fused-ring (bicyclic) bond motifs is 1. The lowest BCUT2D eigenvalue weighted by atomic mass is 9.96. The molecule has 2 aromatic rings. The number of hydrogen-bond donors (Lipinski definition) is 2. The van der Waals surface area contributed by atoms with Gasteiger partial charge in [0, 0.05) is 30.9 Å². The summed E-state index contributed by atoms with van der Waals surface area (Å²) >= 11 is 0. The Labute approximate surface area is 160 Å². The number of nitrogens with one attached hydrogen (secondary N) is 1. The third kappa shape index (κ3) is 4.13. The van der Waals surface area contributed by atoms with E-state index in [1.807, 2.05) is 29.2 Å². The van der Waals surface area contributed by atoms with E-state index < -0.39 is 0 Å². The van der Waals surface area contributed by atoms with Gasteiger partial charge in [0.2, 0.25) is 0 Å². The van der Waals surface area contributed by atoms with E-state index in [1.165, 1.54) is 12.8 Å². The summed E-state index contributed by atoms with van der Waals surface area (Å²) in [5.41, 5.74) is 4.04. The number of carbonyl (C=O) groups excluding carboxylic acids is 1. The number of halogens is 1. The maximum absolute atomic E-state index is 13.3. The van der Waals surface area contributed by atoms with E-state index in [9.17, 15) is 9.90 Å². The third-order valence-corrected chi connectivity index (χ3v) is 5.07. The van der Waals surface area contributed by atoms with Crippen LogP contribution in [0.3, 0.4) is 0 Å².